The van der Waals surface area contributed by atoms with Crippen molar-refractivity contribution >= 4 is 37.5 Å². The van der Waals surface area contributed by atoms with E-state index >= 15 is 0 Å². The minimum Gasteiger partial charge on any atom is -0.473 e. The fraction of sp³-hybridized carbons (Fsp3) is 0.125. The highest BCUT2D eigenvalue weighted by molar-refractivity contribution is 9.10. The molecule has 0 aliphatic rings. The fourth-order valence-electron chi connectivity index (χ4n) is 0.967. The molecule has 0 spiro atoms. The van der Waals surface area contributed by atoms with Crippen LogP contribution in [0.15, 0.2) is 22.7 Å². The van der Waals surface area contributed by atoms with Crippen molar-refractivity contribution in [3.05, 3.63) is 22.7 Å². The predicted octanol–water partition coefficient (Wildman–Crippen LogP) is 3.07. The third-order valence-corrected chi connectivity index (χ3v) is 3.00. The molecule has 0 radical (unpaired) electrons. The van der Waals surface area contributed by atoms with Gasteiger partial charge in [-0.05, 0) is 18.2 Å². The minimum absolute atomic E-state index is 0.711. The molecule has 2 nitrogen and oxygen atoms in total. The van der Waals surface area contributed by atoms with Crippen LogP contribution < -0.4 is 4.74 Å². The summed E-state index contributed by atoms with van der Waals surface area (Å²) in [6.07, 6.45) is 0. The van der Waals surface area contributed by atoms with E-state index in [1.807, 2.05) is 18.2 Å². The summed E-state index contributed by atoms with van der Waals surface area (Å²) in [6.45, 7) is 0. The molecule has 1 aromatic carbocycles. The number of hydrogen-bond acceptors (Lipinski definition) is 3. The van der Waals surface area contributed by atoms with Crippen molar-refractivity contribution in [1.29, 1.82) is 0 Å². The summed E-state index contributed by atoms with van der Waals surface area (Å²) in [4.78, 5) is 4.26. The lowest BCUT2D eigenvalue weighted by molar-refractivity contribution is 0.413. The maximum absolute atomic E-state index is 5.03. The largest absolute Gasteiger partial charge is 0.473 e. The van der Waals surface area contributed by atoms with Gasteiger partial charge < -0.3 is 4.74 Å². The number of hydrogen-bond donors (Lipinski definition) is 0. The molecule has 1 heterocycles. The highest BCUT2D eigenvalue weighted by Gasteiger charge is 2.02. The maximum Gasteiger partial charge on any atom is 0.274 e. The van der Waals surface area contributed by atoms with Crippen LogP contribution in [0.5, 0.6) is 5.19 Å². The topological polar surface area (TPSA) is 22.1 Å². The van der Waals surface area contributed by atoms with Gasteiger partial charge in [0.1, 0.15) is 0 Å². The normalized spacial score (nSPS) is 10.5. The first-order valence-electron chi connectivity index (χ1n) is 3.39. The van der Waals surface area contributed by atoms with E-state index in [2.05, 4.69) is 20.9 Å². The van der Waals surface area contributed by atoms with Crippen molar-refractivity contribution in [3.8, 4) is 5.19 Å². The number of benzene rings is 1. The molecular formula is C8H6BrNOS. The van der Waals surface area contributed by atoms with Crippen molar-refractivity contribution in [2.24, 2.45) is 0 Å². The fourth-order valence-corrected chi connectivity index (χ4v) is 2.08. The Hall–Kier alpha value is -0.610. The van der Waals surface area contributed by atoms with Gasteiger partial charge in [-0.2, -0.15) is 0 Å². The standard InChI is InChI=1S/C8H6BrNOS/c1-11-8-10-6-4-5(9)2-3-7(6)12-8/h2-4H,1H3. The highest BCUT2D eigenvalue weighted by Crippen LogP contribution is 2.29. The lowest BCUT2D eigenvalue weighted by atomic mass is 10.3. The Morgan fingerprint density at radius 1 is 1.50 bits per heavy atom. The molecule has 2 aromatic rings. The number of ether oxygens (including phenoxy) is 1. The van der Waals surface area contributed by atoms with Gasteiger partial charge in [0.15, 0.2) is 0 Å². The van der Waals surface area contributed by atoms with Gasteiger partial charge in [0, 0.05) is 4.47 Å². The van der Waals surface area contributed by atoms with Crippen LogP contribution in [0.4, 0.5) is 0 Å². The number of halogens is 1. The summed E-state index contributed by atoms with van der Waals surface area (Å²) in [7, 11) is 1.63. The van der Waals surface area contributed by atoms with Crippen molar-refractivity contribution in [2.45, 2.75) is 0 Å². The second-order valence-corrected chi connectivity index (χ2v) is 4.20. The Morgan fingerprint density at radius 3 is 3.08 bits per heavy atom. The zero-order valence-corrected chi connectivity index (χ0v) is 8.78. The Labute approximate surface area is 82.3 Å². The number of aromatic nitrogens is 1. The van der Waals surface area contributed by atoms with E-state index in [0.29, 0.717) is 5.19 Å². The van der Waals surface area contributed by atoms with Gasteiger partial charge in [0.25, 0.3) is 5.19 Å². The summed E-state index contributed by atoms with van der Waals surface area (Å²) in [5.74, 6) is 0. The third kappa shape index (κ3) is 1.32. The van der Waals surface area contributed by atoms with E-state index in [0.717, 1.165) is 14.7 Å². The average molecular weight is 244 g/mol. The Kier molecular flexibility index (Phi) is 2.02. The van der Waals surface area contributed by atoms with E-state index in [1.54, 1.807) is 18.4 Å². The van der Waals surface area contributed by atoms with Gasteiger partial charge in [-0.1, -0.05) is 27.3 Å². The van der Waals surface area contributed by atoms with Crippen molar-refractivity contribution in [3.63, 3.8) is 0 Å². The molecule has 0 saturated heterocycles. The molecule has 2 rings (SSSR count). The van der Waals surface area contributed by atoms with Gasteiger partial charge in [-0.3, -0.25) is 0 Å². The molecule has 0 unspecified atom stereocenters. The number of nitrogens with zero attached hydrogens (tertiary/aromatic N) is 1. The molecule has 0 N–H and O–H groups in total. The summed E-state index contributed by atoms with van der Waals surface area (Å²) in [5, 5.41) is 0.711. The molecule has 0 amide bonds. The molecule has 0 fully saturated rings. The first-order chi connectivity index (χ1) is 5.79. The molecule has 0 saturated carbocycles. The second kappa shape index (κ2) is 3.03. The predicted molar refractivity (Wildman–Crippen MR) is 53.9 cm³/mol. The molecule has 4 heteroatoms. The molecule has 0 atom stereocenters. The van der Waals surface area contributed by atoms with Gasteiger partial charge >= 0.3 is 0 Å². The minimum atomic E-state index is 0.711. The van der Waals surface area contributed by atoms with Crippen LogP contribution in [0, 0.1) is 0 Å². The zero-order valence-electron chi connectivity index (χ0n) is 6.37. The third-order valence-electron chi connectivity index (χ3n) is 1.50. The summed E-state index contributed by atoms with van der Waals surface area (Å²) in [6, 6.07) is 6.01. The van der Waals surface area contributed by atoms with Gasteiger partial charge in [0.2, 0.25) is 0 Å². The smallest absolute Gasteiger partial charge is 0.274 e. The van der Waals surface area contributed by atoms with Crippen LogP contribution in [0.2, 0.25) is 0 Å². The molecule has 0 aliphatic heterocycles. The quantitative estimate of drug-likeness (QED) is 0.769. The number of fused-ring (bicyclic) bond motifs is 1. The molecule has 1 aromatic heterocycles. The van der Waals surface area contributed by atoms with E-state index in [1.165, 1.54) is 0 Å². The molecule has 62 valence electrons. The number of thiazole rings is 1. The Balaban J connectivity index is 2.67. The molecule has 12 heavy (non-hydrogen) atoms. The van der Waals surface area contributed by atoms with E-state index < -0.39 is 0 Å². The maximum atomic E-state index is 5.03. The summed E-state index contributed by atoms with van der Waals surface area (Å²) < 4.78 is 7.22. The van der Waals surface area contributed by atoms with E-state index in [-0.39, 0.29) is 0 Å². The monoisotopic (exact) mass is 243 g/mol. The van der Waals surface area contributed by atoms with Gasteiger partial charge in [-0.25, -0.2) is 4.98 Å². The van der Waals surface area contributed by atoms with E-state index in [9.17, 15) is 0 Å². The SMILES string of the molecule is COc1nc2cc(Br)ccc2s1. The number of methoxy groups -OCH3 is 1. The zero-order chi connectivity index (χ0) is 8.55. The number of rotatable bonds is 1. The first-order valence-corrected chi connectivity index (χ1v) is 5.00. The molecule has 0 bridgehead atoms. The highest BCUT2D eigenvalue weighted by atomic mass is 79.9. The molecule has 0 aliphatic carbocycles. The van der Waals surface area contributed by atoms with Gasteiger partial charge in [-0.15, -0.1) is 0 Å². The van der Waals surface area contributed by atoms with Crippen molar-refractivity contribution < 1.29 is 4.74 Å². The van der Waals surface area contributed by atoms with Crippen LogP contribution in [0.25, 0.3) is 10.2 Å². The van der Waals surface area contributed by atoms with Gasteiger partial charge in [0.05, 0.1) is 17.3 Å². The molecular weight excluding hydrogens is 238 g/mol. The summed E-state index contributed by atoms with van der Waals surface area (Å²) in [5.41, 5.74) is 0.978. The van der Waals surface area contributed by atoms with Crippen LogP contribution in [-0.4, -0.2) is 12.1 Å². The van der Waals surface area contributed by atoms with Crippen molar-refractivity contribution in [2.75, 3.05) is 7.11 Å². The van der Waals surface area contributed by atoms with Crippen molar-refractivity contribution in [1.82, 2.24) is 4.98 Å². The lowest BCUT2D eigenvalue weighted by Gasteiger charge is -1.86. The first kappa shape index (κ1) is 8.01. The van der Waals surface area contributed by atoms with Crippen LogP contribution in [0.3, 0.4) is 0 Å². The lowest BCUT2D eigenvalue weighted by Crippen LogP contribution is -1.78. The Morgan fingerprint density at radius 2 is 2.33 bits per heavy atom. The second-order valence-electron chi connectivity index (χ2n) is 2.30. The van der Waals surface area contributed by atoms with Crippen LogP contribution >= 0.6 is 27.3 Å². The van der Waals surface area contributed by atoms with Crippen LogP contribution in [-0.2, 0) is 0 Å². The summed E-state index contributed by atoms with van der Waals surface area (Å²) >= 11 is 4.94. The van der Waals surface area contributed by atoms with Crippen LogP contribution in [0.1, 0.15) is 0 Å². The Bertz CT molecular complexity index is 412. The average Bonchev–Trinajstić information content (AvgIpc) is 2.46. The van der Waals surface area contributed by atoms with E-state index in [4.69, 9.17) is 4.74 Å².